The fourth-order valence-corrected chi connectivity index (χ4v) is 3.55. The van der Waals surface area contributed by atoms with Crippen LogP contribution >= 0.6 is 46.3 Å². The summed E-state index contributed by atoms with van der Waals surface area (Å²) in [5.74, 6) is 1.82. The highest BCUT2D eigenvalue weighted by Gasteiger charge is 2.06. The number of thiazole rings is 1. The fraction of sp³-hybridized carbons (Fsp3) is 0.273. The van der Waals surface area contributed by atoms with Gasteiger partial charge in [-0.3, -0.25) is 4.98 Å². The molecule has 2 aromatic rings. The second kappa shape index (κ2) is 6.59. The van der Waals surface area contributed by atoms with Crippen molar-refractivity contribution in [2.45, 2.75) is 12.2 Å². The highest BCUT2D eigenvalue weighted by molar-refractivity contribution is 7.98. The van der Waals surface area contributed by atoms with E-state index < -0.39 is 0 Å². The lowest BCUT2D eigenvalue weighted by molar-refractivity contribution is 1.07. The molecule has 2 aromatic heterocycles. The van der Waals surface area contributed by atoms with E-state index in [0.29, 0.717) is 10.0 Å². The first-order valence-corrected chi connectivity index (χ1v) is 7.85. The molecular formula is C11H10Cl2N2S2. The van der Waals surface area contributed by atoms with Gasteiger partial charge in [0.15, 0.2) is 0 Å². The zero-order valence-corrected chi connectivity index (χ0v) is 12.0. The molecule has 2 heterocycles. The molecule has 0 aliphatic rings. The van der Waals surface area contributed by atoms with Crippen molar-refractivity contribution in [3.05, 3.63) is 44.6 Å². The van der Waals surface area contributed by atoms with E-state index in [9.17, 15) is 0 Å². The molecule has 0 saturated heterocycles. The number of hydrogen-bond donors (Lipinski definition) is 0. The third-order valence-corrected chi connectivity index (χ3v) is 4.46. The molecule has 0 aromatic carbocycles. The van der Waals surface area contributed by atoms with Crippen LogP contribution in [0.4, 0.5) is 0 Å². The zero-order valence-electron chi connectivity index (χ0n) is 8.90. The van der Waals surface area contributed by atoms with Gasteiger partial charge in [-0.25, -0.2) is 4.98 Å². The number of aryl methyl sites for hydroxylation is 1. The van der Waals surface area contributed by atoms with Crippen molar-refractivity contribution in [2.75, 3.05) is 5.75 Å². The average Bonchev–Trinajstić information content (AvgIpc) is 2.80. The van der Waals surface area contributed by atoms with Gasteiger partial charge >= 0.3 is 0 Å². The fourth-order valence-electron chi connectivity index (χ4n) is 1.29. The Bertz CT molecular complexity index is 454. The molecule has 0 aliphatic heterocycles. The first kappa shape index (κ1) is 13.1. The second-order valence-electron chi connectivity index (χ2n) is 3.36. The number of nitrogens with zero attached hydrogens (tertiary/aromatic N) is 2. The molecule has 2 nitrogen and oxygen atoms in total. The monoisotopic (exact) mass is 304 g/mol. The van der Waals surface area contributed by atoms with Crippen LogP contribution in [0.3, 0.4) is 0 Å². The van der Waals surface area contributed by atoms with Crippen LogP contribution in [0.15, 0.2) is 23.3 Å². The standard InChI is InChI=1S/C11H10Cl2N2S2/c12-10-3-14-4-11(13)9(10)6-16-2-1-8-5-17-7-15-8/h3-5,7H,1-2,6H2. The number of aromatic nitrogens is 2. The van der Waals surface area contributed by atoms with E-state index in [1.54, 1.807) is 35.5 Å². The Morgan fingerprint density at radius 3 is 2.65 bits per heavy atom. The Balaban J connectivity index is 1.82. The number of rotatable bonds is 5. The maximum absolute atomic E-state index is 6.04. The summed E-state index contributed by atoms with van der Waals surface area (Å²) in [6, 6.07) is 0. The third kappa shape index (κ3) is 3.85. The molecule has 17 heavy (non-hydrogen) atoms. The van der Waals surface area contributed by atoms with Gasteiger partial charge in [-0.1, -0.05) is 23.2 Å². The largest absolute Gasteiger partial charge is 0.262 e. The van der Waals surface area contributed by atoms with Crippen LogP contribution in [-0.2, 0) is 12.2 Å². The summed E-state index contributed by atoms with van der Waals surface area (Å²) in [4.78, 5) is 8.17. The lowest BCUT2D eigenvalue weighted by Gasteiger charge is -2.05. The normalized spacial score (nSPS) is 10.7. The highest BCUT2D eigenvalue weighted by Crippen LogP contribution is 2.27. The SMILES string of the molecule is Clc1cncc(Cl)c1CSCCc1cscn1. The summed E-state index contributed by atoms with van der Waals surface area (Å²) >= 11 is 15.5. The van der Waals surface area contributed by atoms with Gasteiger partial charge in [0.25, 0.3) is 0 Å². The van der Waals surface area contributed by atoms with Gasteiger partial charge in [0, 0.05) is 29.1 Å². The highest BCUT2D eigenvalue weighted by atomic mass is 35.5. The zero-order chi connectivity index (χ0) is 12.1. The molecule has 90 valence electrons. The van der Waals surface area contributed by atoms with Gasteiger partial charge in [-0.2, -0.15) is 11.8 Å². The van der Waals surface area contributed by atoms with E-state index in [4.69, 9.17) is 23.2 Å². The minimum atomic E-state index is 0.638. The molecule has 6 heteroatoms. The topological polar surface area (TPSA) is 25.8 Å². The molecule has 0 N–H and O–H groups in total. The Morgan fingerprint density at radius 2 is 2.00 bits per heavy atom. The van der Waals surface area contributed by atoms with Gasteiger partial charge in [0.2, 0.25) is 0 Å². The van der Waals surface area contributed by atoms with Gasteiger partial charge < -0.3 is 0 Å². The predicted octanol–water partition coefficient (Wildman–Crippen LogP) is 4.32. The van der Waals surface area contributed by atoms with Crippen LogP contribution in [-0.4, -0.2) is 15.7 Å². The lowest BCUT2D eigenvalue weighted by atomic mass is 10.3. The molecule has 0 atom stereocenters. The van der Waals surface area contributed by atoms with Gasteiger partial charge in [0.05, 0.1) is 21.2 Å². The van der Waals surface area contributed by atoms with Crippen molar-refractivity contribution < 1.29 is 0 Å². The molecule has 2 rings (SSSR count). The van der Waals surface area contributed by atoms with Gasteiger partial charge in [-0.05, 0) is 12.2 Å². The van der Waals surface area contributed by atoms with Crippen molar-refractivity contribution in [1.29, 1.82) is 0 Å². The molecule has 0 fully saturated rings. The van der Waals surface area contributed by atoms with E-state index in [2.05, 4.69) is 15.3 Å². The predicted molar refractivity (Wildman–Crippen MR) is 76.2 cm³/mol. The summed E-state index contributed by atoms with van der Waals surface area (Å²) in [6.07, 6.45) is 4.24. The van der Waals surface area contributed by atoms with Crippen LogP contribution in [0.1, 0.15) is 11.3 Å². The minimum absolute atomic E-state index is 0.638. The van der Waals surface area contributed by atoms with Crippen LogP contribution in [0.25, 0.3) is 0 Å². The van der Waals surface area contributed by atoms with Crippen LogP contribution < -0.4 is 0 Å². The van der Waals surface area contributed by atoms with Crippen molar-refractivity contribution in [3.8, 4) is 0 Å². The first-order chi connectivity index (χ1) is 8.27. The summed E-state index contributed by atoms with van der Waals surface area (Å²) < 4.78 is 0. The third-order valence-electron chi connectivity index (χ3n) is 2.18. The van der Waals surface area contributed by atoms with Crippen molar-refractivity contribution in [2.24, 2.45) is 0 Å². The molecule has 0 saturated carbocycles. The summed E-state index contributed by atoms with van der Waals surface area (Å²) in [6.45, 7) is 0. The number of hydrogen-bond acceptors (Lipinski definition) is 4. The van der Waals surface area contributed by atoms with E-state index >= 15 is 0 Å². The van der Waals surface area contributed by atoms with E-state index in [1.165, 1.54) is 0 Å². The molecule has 0 aliphatic carbocycles. The smallest absolute Gasteiger partial charge is 0.0794 e. The van der Waals surface area contributed by atoms with E-state index in [1.807, 2.05) is 5.51 Å². The number of pyridine rings is 1. The molecule has 0 unspecified atom stereocenters. The minimum Gasteiger partial charge on any atom is -0.262 e. The molecular weight excluding hydrogens is 295 g/mol. The molecule has 0 radical (unpaired) electrons. The van der Waals surface area contributed by atoms with Crippen LogP contribution in [0.2, 0.25) is 10.0 Å². The van der Waals surface area contributed by atoms with Crippen molar-refractivity contribution >= 4 is 46.3 Å². The number of thioether (sulfide) groups is 1. The Labute approximate surface area is 118 Å². The molecule has 0 amide bonds. The summed E-state index contributed by atoms with van der Waals surface area (Å²) in [5.41, 5.74) is 3.97. The van der Waals surface area contributed by atoms with Gasteiger partial charge in [0.1, 0.15) is 0 Å². The Morgan fingerprint density at radius 1 is 1.24 bits per heavy atom. The average molecular weight is 305 g/mol. The maximum atomic E-state index is 6.04. The van der Waals surface area contributed by atoms with Crippen LogP contribution in [0.5, 0.6) is 0 Å². The molecule has 0 spiro atoms. The van der Waals surface area contributed by atoms with E-state index in [-0.39, 0.29) is 0 Å². The van der Waals surface area contributed by atoms with Gasteiger partial charge in [-0.15, -0.1) is 11.3 Å². The summed E-state index contributed by atoms with van der Waals surface area (Å²) in [7, 11) is 0. The maximum Gasteiger partial charge on any atom is 0.0794 e. The van der Waals surface area contributed by atoms with E-state index in [0.717, 1.165) is 29.2 Å². The Hall–Kier alpha value is -0.290. The second-order valence-corrected chi connectivity index (χ2v) is 6.00. The number of halogens is 2. The summed E-state index contributed by atoms with van der Waals surface area (Å²) in [5, 5.41) is 3.35. The van der Waals surface area contributed by atoms with Crippen molar-refractivity contribution in [3.63, 3.8) is 0 Å². The Kier molecular flexibility index (Phi) is 5.10. The lowest BCUT2D eigenvalue weighted by Crippen LogP contribution is -1.91. The first-order valence-electron chi connectivity index (χ1n) is 5.00. The molecule has 0 bridgehead atoms. The quantitative estimate of drug-likeness (QED) is 0.769. The van der Waals surface area contributed by atoms with Crippen molar-refractivity contribution in [1.82, 2.24) is 9.97 Å². The van der Waals surface area contributed by atoms with Crippen LogP contribution in [0, 0.1) is 0 Å².